The number of nitrogens with one attached hydrogen (secondary N) is 3. The molecule has 0 bridgehead atoms. The minimum atomic E-state index is -1.48. The van der Waals surface area contributed by atoms with Gasteiger partial charge in [0.05, 0.1) is 18.0 Å². The molecule has 0 aliphatic carbocycles. The van der Waals surface area contributed by atoms with E-state index >= 15 is 0 Å². The number of ketones is 2. The van der Waals surface area contributed by atoms with Gasteiger partial charge < -0.3 is 35.6 Å². The van der Waals surface area contributed by atoms with E-state index < -0.39 is 94.0 Å². The van der Waals surface area contributed by atoms with Crippen LogP contribution in [0, 0.1) is 23.1 Å². The Morgan fingerprint density at radius 2 is 1.47 bits per heavy atom. The highest BCUT2D eigenvalue weighted by Gasteiger charge is 2.43. The number of carboxylic acids is 2. The summed E-state index contributed by atoms with van der Waals surface area (Å²) in [5.41, 5.74) is -0.0433. The molecule has 18 heteroatoms. The first kappa shape index (κ1) is 56.3. The molecule has 5 N–H and O–H groups in total. The van der Waals surface area contributed by atoms with Gasteiger partial charge in [0.25, 0.3) is 11.8 Å². The van der Waals surface area contributed by atoms with Crippen molar-refractivity contribution in [3.63, 3.8) is 0 Å². The van der Waals surface area contributed by atoms with Gasteiger partial charge in [-0.25, -0.2) is 9.18 Å². The topological polar surface area (TPSA) is 242 Å². The molecular formula is C50H71FN6O11. The zero-order valence-corrected chi connectivity index (χ0v) is 41.4. The molecule has 0 spiro atoms. The fraction of sp³-hybridized carbons (Fsp3) is 0.580. The van der Waals surface area contributed by atoms with Gasteiger partial charge in [-0.3, -0.25) is 43.3 Å². The molecule has 3 rings (SSSR count). The minimum absolute atomic E-state index is 0.00510. The smallest absolute Gasteiger partial charge is 0.326 e. The number of fused-ring (bicyclic) bond motifs is 1. The van der Waals surface area contributed by atoms with Crippen LogP contribution in [-0.4, -0.2) is 122 Å². The molecule has 0 unspecified atom stereocenters. The number of benzene rings is 1. The minimum Gasteiger partial charge on any atom is -0.481 e. The molecule has 5 atom stereocenters. The molecule has 0 saturated carbocycles. The number of aliphatic carboxylic acids is 2. The molecule has 0 fully saturated rings. The van der Waals surface area contributed by atoms with E-state index in [1.807, 2.05) is 66.3 Å². The van der Waals surface area contributed by atoms with Crippen molar-refractivity contribution >= 4 is 63.9 Å². The van der Waals surface area contributed by atoms with Gasteiger partial charge in [0.2, 0.25) is 17.7 Å². The number of likely N-dealkylation sites (N-methyl/N-ethyl adjacent to an activating group) is 2. The molecule has 5 amide bonds. The summed E-state index contributed by atoms with van der Waals surface area (Å²) >= 11 is 0. The number of aryl methyl sites for hydroxylation is 1. The molecular weight excluding hydrogens is 880 g/mol. The second-order valence-electron chi connectivity index (χ2n) is 19.8. The van der Waals surface area contributed by atoms with Crippen molar-refractivity contribution in [1.29, 1.82) is 0 Å². The maximum atomic E-state index is 14.4. The predicted molar refractivity (Wildman–Crippen MR) is 253 cm³/mol. The number of aromatic nitrogens is 1. The van der Waals surface area contributed by atoms with E-state index in [2.05, 4.69) is 16.0 Å². The van der Waals surface area contributed by atoms with Crippen molar-refractivity contribution in [2.24, 2.45) is 24.3 Å². The van der Waals surface area contributed by atoms with Crippen molar-refractivity contribution in [2.45, 2.75) is 143 Å². The van der Waals surface area contributed by atoms with E-state index in [1.165, 1.54) is 24.0 Å². The number of hydrogen-bond acceptors (Lipinski definition) is 10. The normalized spacial score (nSPS) is 15.5. The molecule has 2 aromatic rings. The fourth-order valence-electron chi connectivity index (χ4n) is 8.59. The van der Waals surface area contributed by atoms with Crippen LogP contribution in [0.5, 0.6) is 0 Å². The van der Waals surface area contributed by atoms with Gasteiger partial charge in [0.15, 0.2) is 0 Å². The molecule has 17 nitrogen and oxygen atoms in total. The summed E-state index contributed by atoms with van der Waals surface area (Å²) in [6, 6.07) is 0.427. The second-order valence-corrected chi connectivity index (χ2v) is 19.8. The fourth-order valence-corrected chi connectivity index (χ4v) is 8.59. The summed E-state index contributed by atoms with van der Waals surface area (Å²) in [6.45, 7) is 14.3. The lowest BCUT2D eigenvalue weighted by Gasteiger charge is -2.39. The molecule has 0 radical (unpaired) electrons. The number of imide groups is 1. The largest absolute Gasteiger partial charge is 0.481 e. The zero-order chi connectivity index (χ0) is 51.4. The van der Waals surface area contributed by atoms with Crippen molar-refractivity contribution in [2.75, 3.05) is 20.6 Å². The summed E-state index contributed by atoms with van der Waals surface area (Å²) in [5, 5.41) is 28.9. The predicted octanol–water partition coefficient (Wildman–Crippen LogP) is 4.99. The molecule has 68 heavy (non-hydrogen) atoms. The van der Waals surface area contributed by atoms with E-state index in [1.54, 1.807) is 26.2 Å². The number of hydrogen-bond donors (Lipinski definition) is 5. The van der Waals surface area contributed by atoms with E-state index in [-0.39, 0.29) is 62.3 Å². The lowest BCUT2D eigenvalue weighted by atomic mass is 9.76. The zero-order valence-electron chi connectivity index (χ0n) is 41.4. The number of amides is 5. The Kier molecular flexibility index (Phi) is 20.1. The third-order valence-corrected chi connectivity index (χ3v) is 12.7. The average molecular weight is 951 g/mol. The number of nitrogens with zero attached hydrogens (tertiary/aromatic N) is 3. The van der Waals surface area contributed by atoms with E-state index in [0.717, 1.165) is 28.1 Å². The number of carbonyl (C=O) groups excluding carboxylic acids is 7. The van der Waals surface area contributed by atoms with Gasteiger partial charge in [-0.15, -0.1) is 0 Å². The molecule has 374 valence electrons. The SMILES string of the molecule is CN[C@H](C(=O)N[C@H](C(=O)N(C)[C@H](/C=C(\C)C(=O)N[C@H](CCC(=O)C[C@@H](CCCCCC(=O)CCN1C(=O)C=CC1=O)C(=O)O)C(=O)O)C(C)C)C(C)(C)C)C(C)(C)c1cn(C)c2ccc(F)cc12. The van der Waals surface area contributed by atoms with E-state index in [4.69, 9.17) is 0 Å². The van der Waals surface area contributed by atoms with Gasteiger partial charge in [0, 0.05) is 86.6 Å². The molecule has 1 aromatic heterocycles. The molecule has 1 aromatic carbocycles. The van der Waals surface area contributed by atoms with Crippen LogP contribution in [-0.2, 0) is 55.6 Å². The Labute approximate surface area is 398 Å². The van der Waals surface area contributed by atoms with Gasteiger partial charge >= 0.3 is 11.9 Å². The molecule has 0 saturated heterocycles. The monoisotopic (exact) mass is 951 g/mol. The number of carbonyl (C=O) groups is 9. The summed E-state index contributed by atoms with van der Waals surface area (Å²) in [7, 11) is 5.04. The lowest BCUT2D eigenvalue weighted by molar-refractivity contribution is -0.144. The Morgan fingerprint density at radius 3 is 2.03 bits per heavy atom. The highest BCUT2D eigenvalue weighted by Crippen LogP contribution is 2.35. The van der Waals surface area contributed by atoms with Gasteiger partial charge in [0.1, 0.15) is 29.5 Å². The van der Waals surface area contributed by atoms with Gasteiger partial charge in [-0.1, -0.05) is 67.4 Å². The van der Waals surface area contributed by atoms with Crippen molar-refractivity contribution in [3.05, 3.63) is 59.6 Å². The van der Waals surface area contributed by atoms with Crippen LogP contribution < -0.4 is 16.0 Å². The van der Waals surface area contributed by atoms with Crippen LogP contribution in [0.25, 0.3) is 10.9 Å². The quantitative estimate of drug-likeness (QED) is 0.0452. The maximum absolute atomic E-state index is 14.4. The third kappa shape index (κ3) is 15.0. The first-order valence-corrected chi connectivity index (χ1v) is 23.1. The molecule has 2 heterocycles. The Morgan fingerprint density at radius 1 is 0.838 bits per heavy atom. The summed E-state index contributed by atoms with van der Waals surface area (Å²) in [5.74, 6) is -7.47. The van der Waals surface area contributed by atoms with Crippen LogP contribution in [0.3, 0.4) is 0 Å². The third-order valence-electron chi connectivity index (χ3n) is 12.7. The molecule has 1 aliphatic rings. The second kappa shape index (κ2) is 24.3. The number of Topliss-reactive ketones (excluding diaryl/α,β-unsaturated/α-hetero) is 2. The Balaban J connectivity index is 1.62. The van der Waals surface area contributed by atoms with Crippen molar-refractivity contribution < 1.29 is 57.8 Å². The standard InChI is InChI=1S/C50H71FN6O11/c1-29(2)39(56(11)46(64)43(49(4,5)6)54-45(63)42(52-9)50(7,8)36-28-55(10)38-20-17-32(51)27-35(36)38)25-30(3)44(62)53-37(48(67)68)19-18-34(59)26-31(47(65)66)15-13-12-14-16-33(58)23-24-57-40(60)21-22-41(57)61/h17,20-22,25,27-29,31,37,39,42-43,52H,12-16,18-19,23-24,26H2,1-11H3,(H,53,62)(H,54,63)(H,65,66)(H,67,68)/b30-25+/t31-,37-,39-,42-,43-/m1/s1. The highest BCUT2D eigenvalue weighted by molar-refractivity contribution is 6.13. The van der Waals surface area contributed by atoms with Gasteiger partial charge in [-0.2, -0.15) is 0 Å². The molecule has 1 aliphatic heterocycles. The Bertz CT molecular complexity index is 2270. The van der Waals surface area contributed by atoms with Crippen molar-refractivity contribution in [1.82, 2.24) is 30.3 Å². The summed E-state index contributed by atoms with van der Waals surface area (Å²) in [4.78, 5) is 117. The first-order chi connectivity index (χ1) is 31.6. The highest BCUT2D eigenvalue weighted by atomic mass is 19.1. The Hall–Kier alpha value is -6.04. The first-order valence-electron chi connectivity index (χ1n) is 23.1. The van der Waals surface area contributed by atoms with E-state index in [0.29, 0.717) is 24.6 Å². The maximum Gasteiger partial charge on any atom is 0.326 e. The number of rotatable bonds is 27. The number of unbranched alkanes of at least 4 members (excludes halogenated alkanes) is 2. The summed E-state index contributed by atoms with van der Waals surface area (Å²) < 4.78 is 16.3. The van der Waals surface area contributed by atoms with Crippen LogP contribution in [0.1, 0.15) is 119 Å². The number of carboxylic acid groups (broad SMARTS) is 2. The van der Waals surface area contributed by atoms with Crippen LogP contribution in [0.2, 0.25) is 0 Å². The average Bonchev–Trinajstić information content (AvgIpc) is 3.76. The number of halogens is 1. The van der Waals surface area contributed by atoms with Crippen LogP contribution in [0.15, 0.2) is 48.2 Å². The van der Waals surface area contributed by atoms with Crippen LogP contribution in [0.4, 0.5) is 4.39 Å². The van der Waals surface area contributed by atoms with Crippen LogP contribution >= 0.6 is 0 Å². The van der Waals surface area contributed by atoms with Crippen molar-refractivity contribution in [3.8, 4) is 0 Å². The lowest BCUT2D eigenvalue weighted by Crippen LogP contribution is -2.61. The summed E-state index contributed by atoms with van der Waals surface area (Å²) in [6.07, 6.45) is 6.51. The van der Waals surface area contributed by atoms with Gasteiger partial charge in [-0.05, 0) is 68.3 Å². The van der Waals surface area contributed by atoms with E-state index in [9.17, 15) is 57.8 Å².